The Hall–Kier alpha value is -3.02. The summed E-state index contributed by atoms with van der Waals surface area (Å²) in [6.45, 7) is 21.4. The number of nitrogens with zero attached hydrogens (tertiary/aromatic N) is 3. The van der Waals surface area contributed by atoms with Crippen LogP contribution in [0.25, 0.3) is 0 Å². The van der Waals surface area contributed by atoms with Crippen molar-refractivity contribution in [2.24, 2.45) is 29.6 Å². The van der Waals surface area contributed by atoms with Crippen LogP contribution in [0.4, 0.5) is 0 Å². The topological polar surface area (TPSA) is 181 Å². The van der Waals surface area contributed by atoms with Crippen LogP contribution in [-0.2, 0) is 63.6 Å². The summed E-state index contributed by atoms with van der Waals surface area (Å²) in [6, 6.07) is 13.4. The molecule has 74 heavy (non-hydrogen) atoms. The summed E-state index contributed by atoms with van der Waals surface area (Å²) in [5.74, 6) is 2.66. The van der Waals surface area contributed by atoms with Crippen molar-refractivity contribution in [2.75, 3.05) is 52.5 Å². The third-order valence-electron chi connectivity index (χ3n) is 16.8. The lowest BCUT2D eigenvalue weighted by Crippen LogP contribution is -2.48. The third-order valence-corrected chi connectivity index (χ3v) is 16.8. The fourth-order valence-electron chi connectivity index (χ4n) is 13.2. The van der Waals surface area contributed by atoms with E-state index in [2.05, 4.69) is 74.5 Å². The number of hydrogen-bond donors (Lipinski definition) is 8. The summed E-state index contributed by atoms with van der Waals surface area (Å²) >= 11 is 0. The van der Waals surface area contributed by atoms with E-state index in [0.29, 0.717) is 35.6 Å². The molecule has 13 heteroatoms. The molecule has 0 aliphatic carbocycles. The first kappa shape index (κ1) is 60.2. The molecule has 3 fully saturated rings. The fraction of sp³-hybridized carbons (Fsp3) is 0.672. The lowest BCUT2D eigenvalue weighted by Gasteiger charge is -2.46. The minimum atomic E-state index is -0.250. The zero-order valence-corrected chi connectivity index (χ0v) is 45.9. The van der Waals surface area contributed by atoms with Crippen LogP contribution in [0.1, 0.15) is 178 Å². The zero-order valence-electron chi connectivity index (χ0n) is 45.9. The summed E-state index contributed by atoms with van der Waals surface area (Å²) in [4.78, 5) is 7.59. The highest BCUT2D eigenvalue weighted by Crippen LogP contribution is 2.43. The molecule has 8 N–H and O–H groups in total. The van der Waals surface area contributed by atoms with E-state index < -0.39 is 0 Å². The lowest BCUT2D eigenvalue weighted by molar-refractivity contribution is -0.0192. The first-order chi connectivity index (χ1) is 35.2. The van der Waals surface area contributed by atoms with Gasteiger partial charge in [-0.3, -0.25) is 14.7 Å². The number of rotatable bonds is 12. The second kappa shape index (κ2) is 28.6. The van der Waals surface area contributed by atoms with Crippen LogP contribution in [0.2, 0.25) is 0 Å². The van der Waals surface area contributed by atoms with Crippen LogP contribution in [0.5, 0.6) is 0 Å². The van der Waals surface area contributed by atoms with Gasteiger partial charge < -0.3 is 45.6 Å². The Morgan fingerprint density at radius 1 is 0.500 bits per heavy atom. The van der Waals surface area contributed by atoms with Crippen molar-refractivity contribution in [2.45, 2.75) is 182 Å². The molecule has 0 aromatic heterocycles. The molecule has 3 radical (unpaired) electrons. The molecule has 409 valence electrons. The number of benzene rings is 3. The molecular formula is C61H93BN3O9. The maximum atomic E-state index is 10.6. The van der Waals surface area contributed by atoms with E-state index in [-0.39, 0.29) is 72.3 Å². The predicted octanol–water partition coefficient (Wildman–Crippen LogP) is 7.36. The molecule has 7 aliphatic rings. The second-order valence-corrected chi connectivity index (χ2v) is 23.6. The van der Waals surface area contributed by atoms with Crippen molar-refractivity contribution in [1.29, 1.82) is 0 Å². The summed E-state index contributed by atoms with van der Waals surface area (Å²) in [6.07, 6.45) is 13.4. The Bertz CT molecular complexity index is 2160. The summed E-state index contributed by atoms with van der Waals surface area (Å²) < 4.78 is 4.94. The molecule has 7 aliphatic heterocycles. The minimum Gasteiger partial charge on any atom is -0.393 e. The van der Waals surface area contributed by atoms with Crippen molar-refractivity contribution in [3.05, 3.63) is 115 Å². The van der Waals surface area contributed by atoms with Crippen molar-refractivity contribution in [3.63, 3.8) is 0 Å². The summed E-state index contributed by atoms with van der Waals surface area (Å²) in [5.41, 5.74) is 14.3. The smallest absolute Gasteiger partial charge is 0.0685 e. The van der Waals surface area contributed by atoms with Gasteiger partial charge in [-0.2, -0.15) is 0 Å². The minimum absolute atomic E-state index is 0. The Morgan fingerprint density at radius 3 is 1.20 bits per heavy atom. The molecule has 0 spiro atoms. The van der Waals surface area contributed by atoms with Crippen molar-refractivity contribution < 1.29 is 45.6 Å². The van der Waals surface area contributed by atoms with Gasteiger partial charge in [-0.1, -0.05) is 89.6 Å². The lowest BCUT2D eigenvalue weighted by atomic mass is 9.78. The van der Waals surface area contributed by atoms with Crippen molar-refractivity contribution in [3.8, 4) is 0 Å². The van der Waals surface area contributed by atoms with Crippen molar-refractivity contribution in [1.82, 2.24) is 14.7 Å². The molecule has 7 heterocycles. The molecule has 3 aromatic rings. The standard InChI is InChI=1S/2C19H29NO3.C19H27NO2.C4H8O.B/c2*1-12(2)5-14-9-20-4-3-13-6-15(10-21)16(11-22)7-17(13)18(20)8-19(14)23;1-13(2)7-14-3-4-19-18-9-17(12-22)16(11-21)8-15(18)5-6-20(19)10-14;1-2-4-5-3-1;/h2*6-7,12,14,18-19,21-23H,3-5,8-11H2,1-2H3;3,8-9,13,19,21-22H,4-7,10-12H2,1-2H3;1-4H2;/t2*14-,18+,19-;;;/m10.../s1. The number of ether oxygens (including phenoxy) is 1. The van der Waals surface area contributed by atoms with E-state index in [4.69, 9.17) is 4.74 Å². The van der Waals surface area contributed by atoms with E-state index in [0.717, 1.165) is 137 Å². The maximum absolute atomic E-state index is 10.6. The van der Waals surface area contributed by atoms with Gasteiger partial charge in [0.1, 0.15) is 0 Å². The first-order valence-electron chi connectivity index (χ1n) is 28.1. The monoisotopic (exact) mass is 1020 g/mol. The largest absolute Gasteiger partial charge is 0.393 e. The number of aliphatic hydroxyl groups excluding tert-OH is 8. The van der Waals surface area contributed by atoms with E-state index in [1.165, 1.54) is 52.6 Å². The number of fused-ring (bicyclic) bond motifs is 9. The van der Waals surface area contributed by atoms with Gasteiger partial charge in [-0.15, -0.1) is 0 Å². The Balaban J connectivity index is 0.000000171. The first-order valence-corrected chi connectivity index (χ1v) is 28.1. The molecular weight excluding hydrogens is 929 g/mol. The number of hydrogen-bond acceptors (Lipinski definition) is 12. The van der Waals surface area contributed by atoms with Gasteiger partial charge in [-0.05, 0) is 167 Å². The molecule has 3 aromatic carbocycles. The summed E-state index contributed by atoms with van der Waals surface area (Å²) in [5, 5.41) is 78.3. The fourth-order valence-corrected chi connectivity index (χ4v) is 13.2. The van der Waals surface area contributed by atoms with E-state index in [1.807, 2.05) is 24.3 Å². The molecule has 1 unspecified atom stereocenters. The van der Waals surface area contributed by atoms with Gasteiger partial charge in [0, 0.05) is 79.0 Å². The Kier molecular flexibility index (Phi) is 23.2. The zero-order chi connectivity index (χ0) is 52.3. The van der Waals surface area contributed by atoms with Gasteiger partial charge in [-0.25, -0.2) is 0 Å². The molecule has 0 saturated carbocycles. The van der Waals surface area contributed by atoms with Crippen LogP contribution in [0.15, 0.2) is 48.0 Å². The number of aliphatic hydroxyl groups is 8. The second-order valence-electron chi connectivity index (χ2n) is 23.6. The van der Waals surface area contributed by atoms with Crippen LogP contribution in [-0.4, -0.2) is 129 Å². The van der Waals surface area contributed by atoms with Crippen LogP contribution >= 0.6 is 0 Å². The highest BCUT2D eigenvalue weighted by atomic mass is 16.5. The van der Waals surface area contributed by atoms with E-state index in [1.54, 1.807) is 5.57 Å². The molecule has 0 bridgehead atoms. The Morgan fingerprint density at radius 2 is 0.865 bits per heavy atom. The SMILES string of the molecule is C1CCOC1.CC(C)CC1=CCC2c3cc(CO)c(CO)cc3CCN2C1.CC(C)C[C@@H]1CN2CCc3cc(CO)c(CO)cc3[C@@H]2C[C@H]1O.CC(C)C[C@H]1CN2CCc3cc(CO)c(CO)cc3[C@H]2C[C@@H]1O.[B]. The molecule has 10 rings (SSSR count). The molecule has 3 saturated heterocycles. The third kappa shape index (κ3) is 15.0. The highest BCUT2D eigenvalue weighted by Gasteiger charge is 2.40. The van der Waals surface area contributed by atoms with Gasteiger partial charge in [0.2, 0.25) is 0 Å². The van der Waals surface area contributed by atoms with Gasteiger partial charge in [0.25, 0.3) is 0 Å². The van der Waals surface area contributed by atoms with E-state index in [9.17, 15) is 40.9 Å². The quantitative estimate of drug-likeness (QED) is 0.0669. The summed E-state index contributed by atoms with van der Waals surface area (Å²) in [7, 11) is 0. The van der Waals surface area contributed by atoms with Crippen LogP contribution in [0.3, 0.4) is 0 Å². The molecule has 7 atom stereocenters. The predicted molar refractivity (Wildman–Crippen MR) is 294 cm³/mol. The molecule has 12 nitrogen and oxygen atoms in total. The average Bonchev–Trinajstić information content (AvgIpc) is 3.98. The van der Waals surface area contributed by atoms with Gasteiger partial charge >= 0.3 is 0 Å². The average molecular weight is 1020 g/mol. The number of piperidine rings is 2. The van der Waals surface area contributed by atoms with E-state index >= 15 is 0 Å². The Labute approximate surface area is 446 Å². The van der Waals surface area contributed by atoms with Crippen LogP contribution in [0, 0.1) is 29.6 Å². The normalized spacial score (nSPS) is 25.3. The van der Waals surface area contributed by atoms with Crippen LogP contribution < -0.4 is 0 Å². The highest BCUT2D eigenvalue weighted by molar-refractivity contribution is 5.75. The van der Waals surface area contributed by atoms with Crippen molar-refractivity contribution >= 4 is 8.41 Å². The maximum Gasteiger partial charge on any atom is 0.0685 e. The van der Waals surface area contributed by atoms with Gasteiger partial charge in [0.05, 0.1) is 51.8 Å². The molecule has 0 amide bonds. The van der Waals surface area contributed by atoms with Gasteiger partial charge in [0.15, 0.2) is 0 Å².